The largest absolute Gasteiger partial charge is 0.469 e. The number of nitrogens with zero attached hydrogens (tertiary/aromatic N) is 2. The van der Waals surface area contributed by atoms with E-state index < -0.39 is 0 Å². The molecule has 0 aliphatic heterocycles. The molecule has 5 nitrogen and oxygen atoms in total. The van der Waals surface area contributed by atoms with Crippen LogP contribution in [0.4, 0.5) is 5.95 Å². The van der Waals surface area contributed by atoms with Gasteiger partial charge in [0.2, 0.25) is 11.8 Å². The second kappa shape index (κ2) is 4.97. The van der Waals surface area contributed by atoms with Crippen LogP contribution in [-0.2, 0) is 6.61 Å². The van der Waals surface area contributed by atoms with Crippen molar-refractivity contribution >= 4 is 16.9 Å². The van der Waals surface area contributed by atoms with Crippen LogP contribution in [0.5, 0.6) is 5.88 Å². The Kier molecular flexibility index (Phi) is 3.02. The predicted octanol–water partition coefficient (Wildman–Crippen LogP) is 2.84. The monoisotopic (exact) mass is 255 g/mol. The van der Waals surface area contributed by atoms with E-state index in [1.165, 1.54) is 0 Å². The topological polar surface area (TPSA) is 60.2 Å². The Hall–Kier alpha value is -2.56. The number of ether oxygens (including phenoxy) is 1. The third-order valence-electron chi connectivity index (χ3n) is 2.72. The van der Waals surface area contributed by atoms with Crippen LogP contribution in [0.3, 0.4) is 0 Å². The molecule has 5 heteroatoms. The maximum atomic E-state index is 5.72. The number of nitrogens with one attached hydrogen (secondary N) is 1. The van der Waals surface area contributed by atoms with E-state index in [9.17, 15) is 0 Å². The minimum Gasteiger partial charge on any atom is -0.469 e. The molecule has 3 rings (SSSR count). The van der Waals surface area contributed by atoms with Gasteiger partial charge in [0.15, 0.2) is 0 Å². The molecule has 0 spiro atoms. The molecule has 0 fully saturated rings. The van der Waals surface area contributed by atoms with E-state index in [1.807, 2.05) is 36.4 Å². The first-order valence-corrected chi connectivity index (χ1v) is 5.96. The van der Waals surface area contributed by atoms with Crippen molar-refractivity contribution in [3.8, 4) is 5.88 Å². The number of aromatic nitrogens is 2. The molecule has 0 saturated carbocycles. The lowest BCUT2D eigenvalue weighted by Gasteiger charge is -2.08. The summed E-state index contributed by atoms with van der Waals surface area (Å²) in [4.78, 5) is 8.71. The molecule has 0 bridgehead atoms. The summed E-state index contributed by atoms with van der Waals surface area (Å²) in [6.07, 6.45) is 1.62. The standard InChI is InChI=1S/C14H13N3O2/c1-15-14-16-12-7-3-2-6-11(12)13(17-14)19-9-10-5-4-8-18-10/h2-8H,9H2,1H3,(H,15,16,17). The molecule has 1 N–H and O–H groups in total. The molecule has 0 amide bonds. The third kappa shape index (κ3) is 2.35. The fourth-order valence-corrected chi connectivity index (χ4v) is 1.80. The lowest BCUT2D eigenvalue weighted by Crippen LogP contribution is -2.02. The summed E-state index contributed by atoms with van der Waals surface area (Å²) in [5.74, 6) is 1.84. The fourth-order valence-electron chi connectivity index (χ4n) is 1.80. The smallest absolute Gasteiger partial charge is 0.226 e. The molecule has 0 aliphatic rings. The van der Waals surface area contributed by atoms with E-state index in [-0.39, 0.29) is 0 Å². The molecular weight excluding hydrogens is 242 g/mol. The lowest BCUT2D eigenvalue weighted by atomic mass is 10.2. The van der Waals surface area contributed by atoms with Crippen LogP contribution in [0.25, 0.3) is 10.9 Å². The normalized spacial score (nSPS) is 10.6. The summed E-state index contributed by atoms with van der Waals surface area (Å²) >= 11 is 0. The van der Waals surface area contributed by atoms with Gasteiger partial charge in [0.1, 0.15) is 12.4 Å². The number of hydrogen-bond acceptors (Lipinski definition) is 5. The molecule has 0 aliphatic carbocycles. The number of rotatable bonds is 4. The quantitative estimate of drug-likeness (QED) is 0.776. The van der Waals surface area contributed by atoms with Crippen LogP contribution in [0.1, 0.15) is 5.76 Å². The van der Waals surface area contributed by atoms with Crippen molar-refractivity contribution in [2.45, 2.75) is 6.61 Å². The summed E-state index contributed by atoms with van der Waals surface area (Å²) in [7, 11) is 1.78. The van der Waals surface area contributed by atoms with Gasteiger partial charge in [-0.25, -0.2) is 4.98 Å². The molecular formula is C14H13N3O2. The zero-order valence-corrected chi connectivity index (χ0v) is 10.5. The first-order valence-electron chi connectivity index (χ1n) is 5.96. The number of furan rings is 1. The van der Waals surface area contributed by atoms with Crippen LogP contribution in [0, 0.1) is 0 Å². The van der Waals surface area contributed by atoms with Gasteiger partial charge >= 0.3 is 0 Å². The van der Waals surface area contributed by atoms with Crippen molar-refractivity contribution in [1.82, 2.24) is 9.97 Å². The van der Waals surface area contributed by atoms with Gasteiger partial charge in [0, 0.05) is 7.05 Å². The SMILES string of the molecule is CNc1nc(OCc2ccco2)c2ccccc2n1. The van der Waals surface area contributed by atoms with Gasteiger partial charge < -0.3 is 14.5 Å². The van der Waals surface area contributed by atoms with Gasteiger partial charge in [-0.2, -0.15) is 4.98 Å². The van der Waals surface area contributed by atoms with Crippen molar-refractivity contribution in [1.29, 1.82) is 0 Å². The highest BCUT2D eigenvalue weighted by atomic mass is 16.5. The summed E-state index contributed by atoms with van der Waals surface area (Å²) in [5.41, 5.74) is 0.844. The van der Waals surface area contributed by atoms with E-state index in [0.717, 1.165) is 16.7 Å². The first kappa shape index (κ1) is 11.5. The Labute approximate surface area is 110 Å². The molecule has 1 aromatic carbocycles. The molecule has 0 atom stereocenters. The fraction of sp³-hybridized carbons (Fsp3) is 0.143. The van der Waals surface area contributed by atoms with Crippen molar-refractivity contribution in [2.24, 2.45) is 0 Å². The van der Waals surface area contributed by atoms with Gasteiger partial charge in [0.25, 0.3) is 0 Å². The molecule has 0 radical (unpaired) electrons. The minimum absolute atomic E-state index is 0.344. The summed E-state index contributed by atoms with van der Waals surface area (Å²) in [6, 6.07) is 11.4. The van der Waals surface area contributed by atoms with Crippen molar-refractivity contribution < 1.29 is 9.15 Å². The minimum atomic E-state index is 0.344. The van der Waals surface area contributed by atoms with Crippen LogP contribution < -0.4 is 10.1 Å². The number of para-hydroxylation sites is 1. The Balaban J connectivity index is 1.96. The molecule has 96 valence electrons. The van der Waals surface area contributed by atoms with E-state index in [1.54, 1.807) is 13.3 Å². The average molecular weight is 255 g/mol. The zero-order valence-electron chi connectivity index (χ0n) is 10.5. The van der Waals surface area contributed by atoms with Crippen molar-refractivity contribution in [3.63, 3.8) is 0 Å². The maximum absolute atomic E-state index is 5.72. The average Bonchev–Trinajstić information content (AvgIpc) is 2.97. The van der Waals surface area contributed by atoms with Gasteiger partial charge in [0.05, 0.1) is 17.2 Å². The van der Waals surface area contributed by atoms with Crippen LogP contribution >= 0.6 is 0 Å². The summed E-state index contributed by atoms with van der Waals surface area (Å²) in [5, 5.41) is 3.81. The van der Waals surface area contributed by atoms with Gasteiger partial charge in [-0.15, -0.1) is 0 Å². The molecule has 2 aromatic heterocycles. The maximum Gasteiger partial charge on any atom is 0.226 e. The van der Waals surface area contributed by atoms with Crippen LogP contribution in [-0.4, -0.2) is 17.0 Å². The Morgan fingerprint density at radius 2 is 2.05 bits per heavy atom. The molecule has 2 heterocycles. The second-order valence-electron chi connectivity index (χ2n) is 3.99. The van der Waals surface area contributed by atoms with Crippen molar-refractivity contribution in [2.75, 3.05) is 12.4 Å². The van der Waals surface area contributed by atoms with Crippen LogP contribution in [0.2, 0.25) is 0 Å². The Morgan fingerprint density at radius 1 is 1.16 bits per heavy atom. The van der Waals surface area contributed by atoms with E-state index in [0.29, 0.717) is 18.4 Å². The van der Waals surface area contributed by atoms with E-state index in [2.05, 4.69) is 15.3 Å². The first-order chi connectivity index (χ1) is 9.36. The van der Waals surface area contributed by atoms with Gasteiger partial charge in [-0.05, 0) is 24.3 Å². The molecule has 3 aromatic rings. The third-order valence-corrected chi connectivity index (χ3v) is 2.72. The molecule has 19 heavy (non-hydrogen) atoms. The van der Waals surface area contributed by atoms with Crippen LogP contribution in [0.15, 0.2) is 47.1 Å². The number of anilines is 1. The molecule has 0 saturated heterocycles. The second-order valence-corrected chi connectivity index (χ2v) is 3.99. The highest BCUT2D eigenvalue weighted by molar-refractivity contribution is 5.84. The zero-order chi connectivity index (χ0) is 13.1. The van der Waals surface area contributed by atoms with Gasteiger partial charge in [-0.3, -0.25) is 0 Å². The highest BCUT2D eigenvalue weighted by Crippen LogP contribution is 2.24. The number of hydrogen-bond donors (Lipinski definition) is 1. The molecule has 0 unspecified atom stereocenters. The van der Waals surface area contributed by atoms with E-state index in [4.69, 9.17) is 9.15 Å². The Morgan fingerprint density at radius 3 is 2.84 bits per heavy atom. The number of fused-ring (bicyclic) bond motifs is 1. The highest BCUT2D eigenvalue weighted by Gasteiger charge is 2.08. The lowest BCUT2D eigenvalue weighted by molar-refractivity contribution is 0.264. The summed E-state index contributed by atoms with van der Waals surface area (Å²) < 4.78 is 11.0. The van der Waals surface area contributed by atoms with E-state index >= 15 is 0 Å². The van der Waals surface area contributed by atoms with Crippen molar-refractivity contribution in [3.05, 3.63) is 48.4 Å². The predicted molar refractivity (Wildman–Crippen MR) is 72.1 cm³/mol. The summed E-state index contributed by atoms with van der Waals surface area (Å²) in [6.45, 7) is 0.344. The van der Waals surface area contributed by atoms with Gasteiger partial charge in [-0.1, -0.05) is 12.1 Å². The Bertz CT molecular complexity index is 680. The number of benzene rings is 1.